The van der Waals surface area contributed by atoms with Gasteiger partial charge in [0.25, 0.3) is 5.56 Å². The summed E-state index contributed by atoms with van der Waals surface area (Å²) >= 11 is 12.6. The van der Waals surface area contributed by atoms with Gasteiger partial charge in [0.15, 0.2) is 21.5 Å². The van der Waals surface area contributed by atoms with E-state index in [9.17, 15) is 18.4 Å². The van der Waals surface area contributed by atoms with Gasteiger partial charge in [0.1, 0.15) is 20.6 Å². The minimum atomic E-state index is -3.92. The second kappa shape index (κ2) is 9.69. The number of hydrogen-bond donors (Lipinski definition) is 1. The number of aryl methyl sites for hydroxylation is 2. The second-order valence-corrected chi connectivity index (χ2v) is 12.5. The first-order chi connectivity index (χ1) is 18.3. The number of hydrogen-bond acceptors (Lipinski definition) is 5. The quantitative estimate of drug-likeness (QED) is 0.251. The molecule has 12 heteroatoms. The maximum Gasteiger partial charge on any atom is 0.274 e. The van der Waals surface area contributed by atoms with E-state index in [-0.39, 0.29) is 28.1 Å². The van der Waals surface area contributed by atoms with Crippen LogP contribution < -0.4 is 10.3 Å². The molecule has 0 saturated heterocycles. The van der Waals surface area contributed by atoms with Gasteiger partial charge in [0.05, 0.1) is 5.69 Å². The van der Waals surface area contributed by atoms with Crippen LogP contribution in [0.25, 0.3) is 16.9 Å². The van der Waals surface area contributed by atoms with Crippen LogP contribution in [0.1, 0.15) is 40.6 Å². The third-order valence-electron chi connectivity index (χ3n) is 6.84. The lowest BCUT2D eigenvalue weighted by molar-refractivity contribution is -0.905. The lowest BCUT2D eigenvalue weighted by atomic mass is 10.0. The van der Waals surface area contributed by atoms with Gasteiger partial charge in [0.2, 0.25) is 12.4 Å². The number of benzene rings is 1. The van der Waals surface area contributed by atoms with Gasteiger partial charge in [-0.25, -0.2) is 17.2 Å². The van der Waals surface area contributed by atoms with Crippen molar-refractivity contribution in [1.82, 2.24) is 9.55 Å². The average Bonchev–Trinajstić information content (AvgIpc) is 3.63. The molecule has 1 N–H and O–H groups in total. The van der Waals surface area contributed by atoms with E-state index in [2.05, 4.69) is 4.98 Å². The van der Waals surface area contributed by atoms with Gasteiger partial charge >= 0.3 is 0 Å². The second-order valence-electron chi connectivity index (χ2n) is 9.65. The van der Waals surface area contributed by atoms with Crippen LogP contribution in [0.5, 0.6) is 0 Å². The summed E-state index contributed by atoms with van der Waals surface area (Å²) in [6.07, 6.45) is 5.70. The highest BCUT2D eigenvalue weighted by atomic mass is 35.5. The van der Waals surface area contributed by atoms with Gasteiger partial charge in [-0.3, -0.25) is 19.6 Å². The van der Waals surface area contributed by atoms with Gasteiger partial charge in [-0.05, 0) is 67.5 Å². The third-order valence-corrected chi connectivity index (χ3v) is 8.54. The van der Waals surface area contributed by atoms with Crippen molar-refractivity contribution < 1.29 is 27.1 Å². The van der Waals surface area contributed by atoms with E-state index in [1.807, 2.05) is 0 Å². The number of aromatic nitrogens is 3. The van der Waals surface area contributed by atoms with Crippen LogP contribution in [0.4, 0.5) is 8.78 Å². The fraction of sp³-hybridized carbons (Fsp3) is 0.222. The summed E-state index contributed by atoms with van der Waals surface area (Å²) < 4.78 is 57.2. The number of halogens is 4. The molecule has 1 aliphatic carbocycles. The molecule has 4 aromatic rings. The van der Waals surface area contributed by atoms with Gasteiger partial charge < -0.3 is 0 Å². The zero-order valence-electron chi connectivity index (χ0n) is 20.9. The van der Waals surface area contributed by atoms with Crippen molar-refractivity contribution in [2.75, 3.05) is 6.26 Å². The predicted molar refractivity (Wildman–Crippen MR) is 142 cm³/mol. The van der Waals surface area contributed by atoms with Crippen LogP contribution >= 0.6 is 23.2 Å². The van der Waals surface area contributed by atoms with Crippen molar-refractivity contribution in [2.45, 2.75) is 37.0 Å². The fourth-order valence-corrected chi connectivity index (χ4v) is 6.22. The first-order valence-electron chi connectivity index (χ1n) is 11.8. The molecule has 0 amide bonds. The molecule has 5 rings (SSSR count). The molecule has 0 aliphatic heterocycles. The highest BCUT2D eigenvalue weighted by Gasteiger charge is 2.43. The Labute approximate surface area is 232 Å². The van der Waals surface area contributed by atoms with E-state index in [1.165, 1.54) is 30.7 Å². The van der Waals surface area contributed by atoms with E-state index < -0.39 is 37.6 Å². The molecule has 39 heavy (non-hydrogen) atoms. The minimum absolute atomic E-state index is 0.0228. The summed E-state index contributed by atoms with van der Waals surface area (Å²) in [5.41, 5.74) is 0.433. The lowest BCUT2D eigenvalue weighted by Crippen LogP contribution is -2.29. The minimum Gasteiger partial charge on any atom is -0.285 e. The topological polar surface area (TPSA) is 93.1 Å². The molecule has 1 fully saturated rings. The molecule has 1 aromatic carbocycles. The van der Waals surface area contributed by atoms with E-state index in [0.717, 1.165) is 27.2 Å². The molecular weight excluding hydrogens is 571 g/mol. The smallest absolute Gasteiger partial charge is 0.274 e. The number of nitrogens with zero attached hydrogens (tertiary/aromatic N) is 3. The molecular formula is C27H22Cl2F2N3O4S+. The summed E-state index contributed by atoms with van der Waals surface area (Å²) in [4.78, 5) is 17.0. The van der Waals surface area contributed by atoms with Gasteiger partial charge in [0, 0.05) is 34.0 Å². The molecule has 1 saturated carbocycles. The SMILES string of the molecule is Cc1cnc(-c2cccc(S(C)(=O)=O)c2F)c(F)c1-n1c(C)cc([C@@H]2CC2c2cc(Cl)c[n+](O)c2)c(Cl)c1=O. The monoisotopic (exact) mass is 592 g/mol. The van der Waals surface area contributed by atoms with Crippen LogP contribution in [0.15, 0.2) is 58.6 Å². The third kappa shape index (κ3) is 4.81. The van der Waals surface area contributed by atoms with Crippen molar-refractivity contribution in [3.63, 3.8) is 0 Å². The zero-order chi connectivity index (χ0) is 28.4. The van der Waals surface area contributed by atoms with Crippen LogP contribution in [0.2, 0.25) is 10.0 Å². The van der Waals surface area contributed by atoms with Crippen molar-refractivity contribution in [1.29, 1.82) is 0 Å². The molecule has 1 aliphatic rings. The molecule has 202 valence electrons. The van der Waals surface area contributed by atoms with E-state index in [4.69, 9.17) is 23.2 Å². The molecule has 7 nitrogen and oxygen atoms in total. The van der Waals surface area contributed by atoms with E-state index in [1.54, 1.807) is 26.0 Å². The number of rotatable bonds is 5. The van der Waals surface area contributed by atoms with Gasteiger partial charge in [-0.15, -0.1) is 0 Å². The van der Waals surface area contributed by atoms with Crippen molar-refractivity contribution in [3.05, 3.63) is 103 Å². The summed E-state index contributed by atoms with van der Waals surface area (Å²) in [6, 6.07) is 7.04. The Morgan fingerprint density at radius 1 is 1.10 bits per heavy atom. The molecule has 0 radical (unpaired) electrons. The summed E-state index contributed by atoms with van der Waals surface area (Å²) in [5, 5.41) is 10.1. The summed E-state index contributed by atoms with van der Waals surface area (Å²) in [5.74, 6) is -2.26. The molecule has 1 unspecified atom stereocenters. The Hall–Kier alpha value is -3.34. The Kier molecular flexibility index (Phi) is 6.77. The van der Waals surface area contributed by atoms with E-state index >= 15 is 8.78 Å². The normalized spacial score (nSPS) is 16.9. The maximum absolute atomic E-state index is 16.0. The molecule has 3 heterocycles. The van der Waals surface area contributed by atoms with Gasteiger partial charge in [-0.2, -0.15) is 0 Å². The molecule has 0 spiro atoms. The zero-order valence-corrected chi connectivity index (χ0v) is 23.2. The fourth-order valence-electron chi connectivity index (χ4n) is 4.95. The predicted octanol–water partition coefficient (Wildman–Crippen LogP) is 5.30. The maximum atomic E-state index is 16.0. The van der Waals surface area contributed by atoms with Crippen LogP contribution in [0.3, 0.4) is 0 Å². The lowest BCUT2D eigenvalue weighted by Gasteiger charge is -2.18. The highest BCUT2D eigenvalue weighted by Crippen LogP contribution is 2.56. The van der Waals surface area contributed by atoms with Crippen molar-refractivity contribution in [3.8, 4) is 16.9 Å². The first kappa shape index (κ1) is 27.2. The standard InChI is InChI=1S/C27H22Cl2F2N3O4S/c1-13-10-32-25(17-5-4-6-21(23(17)30)39(3,37)38)24(31)26(13)34-14(2)7-20(22(29)27(34)35)19-9-18(19)15-8-16(28)12-33(36)11-15/h4-8,10-12,18-19,36H,9H2,1-3H3/q+1/t18?,19-/m1/s1. The Bertz CT molecular complexity index is 1820. The van der Waals surface area contributed by atoms with Crippen molar-refractivity contribution >= 4 is 33.0 Å². The van der Waals surface area contributed by atoms with Crippen LogP contribution in [-0.2, 0) is 9.84 Å². The Balaban J connectivity index is 1.62. The van der Waals surface area contributed by atoms with Gasteiger partial charge in [-0.1, -0.05) is 29.3 Å². The molecule has 0 bridgehead atoms. The highest BCUT2D eigenvalue weighted by molar-refractivity contribution is 7.90. The Morgan fingerprint density at radius 3 is 2.49 bits per heavy atom. The van der Waals surface area contributed by atoms with Crippen LogP contribution in [-0.4, -0.2) is 29.4 Å². The molecule has 3 aromatic heterocycles. The van der Waals surface area contributed by atoms with E-state index in [0.29, 0.717) is 28.3 Å². The summed E-state index contributed by atoms with van der Waals surface area (Å²) in [7, 11) is -3.92. The molecule has 2 atom stereocenters. The average molecular weight is 593 g/mol. The largest absolute Gasteiger partial charge is 0.285 e. The van der Waals surface area contributed by atoms with Crippen molar-refractivity contribution in [2.24, 2.45) is 0 Å². The summed E-state index contributed by atoms with van der Waals surface area (Å²) in [6.45, 7) is 3.18. The number of pyridine rings is 3. The van der Waals surface area contributed by atoms with Crippen LogP contribution in [0, 0.1) is 25.5 Å². The Morgan fingerprint density at radius 2 is 1.82 bits per heavy atom. The number of sulfone groups is 1. The first-order valence-corrected chi connectivity index (χ1v) is 14.4.